The van der Waals surface area contributed by atoms with Gasteiger partial charge in [0.1, 0.15) is 11.6 Å². The molecule has 0 saturated carbocycles. The fourth-order valence-corrected chi connectivity index (χ4v) is 8.82. The van der Waals surface area contributed by atoms with E-state index >= 15 is 0 Å². The van der Waals surface area contributed by atoms with Crippen LogP contribution >= 0.6 is 0 Å². The second kappa shape index (κ2) is 17.0. The number of benzene rings is 8. The molecule has 0 fully saturated rings. The molecule has 4 nitrogen and oxygen atoms in total. The number of phenolic OH excluding ortho intramolecular Hbond substituents is 1. The molecule has 4 heteroatoms. The number of imidazole rings is 1. The van der Waals surface area contributed by atoms with Gasteiger partial charge >= 0.3 is 0 Å². The zero-order chi connectivity index (χ0) is 49.9. The Labute approximate surface area is 395 Å². The lowest BCUT2D eigenvalue weighted by molar-refractivity contribution is 0.446. The summed E-state index contributed by atoms with van der Waals surface area (Å²) in [5, 5.41) is 12.6. The average molecular weight is 861 g/mol. The molecule has 0 saturated heterocycles. The summed E-state index contributed by atoms with van der Waals surface area (Å²) in [4.78, 5) is 10.5. The van der Waals surface area contributed by atoms with E-state index in [0.29, 0.717) is 39.3 Å². The van der Waals surface area contributed by atoms with Gasteiger partial charge in [0.2, 0.25) is 0 Å². The van der Waals surface area contributed by atoms with Gasteiger partial charge in [0.25, 0.3) is 0 Å². The zero-order valence-electron chi connectivity index (χ0n) is 43.0. The standard InChI is InChI=1S/C62H53N3O/c1-61(2,3)50-39-53(59(66)54(40-50)62(4,5)6)60-64-58-51(28-19-29-57(58)65(60)56-31-30-45(41-20-11-7-12-21-41)37-52(56)44-26-17-10-18-27-44)48-34-47(43-24-15-9-16-25-43)35-49(36-48)55-38-46(32-33-63-55)42-22-13-8-14-23-42/h7-40,66H,1-6H3/i9D,15D,16D,24D,25D. The Morgan fingerprint density at radius 1 is 0.470 bits per heavy atom. The number of rotatable bonds is 8. The van der Waals surface area contributed by atoms with Crippen molar-refractivity contribution in [3.8, 4) is 89.7 Å². The van der Waals surface area contributed by atoms with E-state index in [2.05, 4.69) is 107 Å². The van der Waals surface area contributed by atoms with Crippen molar-refractivity contribution in [2.75, 3.05) is 0 Å². The largest absolute Gasteiger partial charge is 0.507 e. The first-order valence-corrected chi connectivity index (χ1v) is 22.4. The predicted octanol–water partition coefficient (Wildman–Crippen LogP) is 16.4. The number of fused-ring (bicyclic) bond motifs is 1. The summed E-state index contributed by atoms with van der Waals surface area (Å²) in [6, 6.07) is 55.3. The molecule has 0 atom stereocenters. The molecule has 322 valence electrons. The van der Waals surface area contributed by atoms with E-state index < -0.39 is 23.5 Å². The SMILES string of the molecule is [2H]c1c([2H])c([2H])c(-c2cc(-c3cc(-c4ccccc4)ccn3)cc(-c3cccc4c3nc(-c3cc(C(C)(C)C)cc(C(C)(C)C)c3O)n4-c3ccc(-c4ccccc4)cc3-c3ccccc3)c2)c([2H])c1[2H]. The second-order valence-electron chi connectivity index (χ2n) is 18.9. The van der Waals surface area contributed by atoms with Crippen molar-refractivity contribution in [2.45, 2.75) is 52.4 Å². The highest BCUT2D eigenvalue weighted by Crippen LogP contribution is 2.46. The fourth-order valence-electron chi connectivity index (χ4n) is 8.82. The third-order valence-electron chi connectivity index (χ3n) is 12.3. The fraction of sp³-hybridized carbons (Fsp3) is 0.129. The van der Waals surface area contributed by atoms with Crippen LogP contribution < -0.4 is 0 Å². The number of phenols is 1. The Balaban J connectivity index is 1.31. The van der Waals surface area contributed by atoms with Crippen molar-refractivity contribution in [1.82, 2.24) is 14.5 Å². The minimum Gasteiger partial charge on any atom is -0.507 e. The summed E-state index contributed by atoms with van der Waals surface area (Å²) in [6.45, 7) is 12.9. The molecule has 0 aliphatic rings. The molecule has 1 N–H and O–H groups in total. The molecule has 10 aromatic rings. The molecule has 0 bridgehead atoms. The number of hydrogen-bond donors (Lipinski definition) is 1. The maximum atomic E-state index is 12.6. The van der Waals surface area contributed by atoms with Crippen molar-refractivity contribution in [2.24, 2.45) is 0 Å². The van der Waals surface area contributed by atoms with E-state index in [9.17, 15) is 5.11 Å². The third-order valence-corrected chi connectivity index (χ3v) is 12.3. The van der Waals surface area contributed by atoms with Crippen LogP contribution in [0.15, 0.2) is 206 Å². The quantitative estimate of drug-likeness (QED) is 0.166. The van der Waals surface area contributed by atoms with Crippen molar-refractivity contribution in [3.63, 3.8) is 0 Å². The van der Waals surface area contributed by atoms with Crippen molar-refractivity contribution >= 4 is 11.0 Å². The van der Waals surface area contributed by atoms with Gasteiger partial charge in [-0.25, -0.2) is 4.98 Å². The maximum Gasteiger partial charge on any atom is 0.149 e. The van der Waals surface area contributed by atoms with Gasteiger partial charge in [-0.05, 0) is 115 Å². The number of para-hydroxylation sites is 1. The highest BCUT2D eigenvalue weighted by atomic mass is 16.3. The monoisotopic (exact) mass is 860 g/mol. The molecule has 0 spiro atoms. The first-order chi connectivity index (χ1) is 34.0. The second-order valence-corrected chi connectivity index (χ2v) is 18.9. The van der Waals surface area contributed by atoms with Crippen LogP contribution in [0.3, 0.4) is 0 Å². The molecule has 2 heterocycles. The average Bonchev–Trinajstić information content (AvgIpc) is 3.77. The van der Waals surface area contributed by atoms with Crippen LogP contribution in [-0.4, -0.2) is 19.6 Å². The molecular weight excluding hydrogens is 803 g/mol. The molecule has 0 aliphatic heterocycles. The normalized spacial score (nSPS) is 12.9. The highest BCUT2D eigenvalue weighted by Gasteiger charge is 2.29. The summed E-state index contributed by atoms with van der Waals surface area (Å²) in [7, 11) is 0. The van der Waals surface area contributed by atoms with Gasteiger partial charge < -0.3 is 5.11 Å². The van der Waals surface area contributed by atoms with Crippen LogP contribution in [0.25, 0.3) is 95.0 Å². The Morgan fingerprint density at radius 2 is 1.09 bits per heavy atom. The number of aromatic hydroxyl groups is 1. The van der Waals surface area contributed by atoms with Crippen LogP contribution in [0.2, 0.25) is 0 Å². The summed E-state index contributed by atoms with van der Waals surface area (Å²) in [5.41, 5.74) is 13.4. The van der Waals surface area contributed by atoms with Crippen LogP contribution in [0, 0.1) is 0 Å². The summed E-state index contributed by atoms with van der Waals surface area (Å²) >= 11 is 0. The minimum atomic E-state index is -0.458. The smallest absolute Gasteiger partial charge is 0.149 e. The van der Waals surface area contributed by atoms with Crippen molar-refractivity contribution < 1.29 is 12.0 Å². The van der Waals surface area contributed by atoms with Gasteiger partial charge in [0.15, 0.2) is 0 Å². The number of hydrogen-bond acceptors (Lipinski definition) is 3. The summed E-state index contributed by atoms with van der Waals surface area (Å²) in [6.07, 6.45) is 1.76. The molecule has 0 aliphatic carbocycles. The molecule has 66 heavy (non-hydrogen) atoms. The van der Waals surface area contributed by atoms with Gasteiger partial charge in [-0.3, -0.25) is 9.55 Å². The van der Waals surface area contributed by atoms with Gasteiger partial charge in [-0.1, -0.05) is 187 Å². The lowest BCUT2D eigenvalue weighted by atomic mass is 9.79. The maximum absolute atomic E-state index is 12.6. The van der Waals surface area contributed by atoms with Crippen LogP contribution in [-0.2, 0) is 10.8 Å². The highest BCUT2D eigenvalue weighted by molar-refractivity contribution is 5.99. The molecule has 10 rings (SSSR count). The van der Waals surface area contributed by atoms with E-state index in [4.69, 9.17) is 16.8 Å². The number of pyridine rings is 1. The third kappa shape index (κ3) is 8.12. The molecule has 0 unspecified atom stereocenters. The van der Waals surface area contributed by atoms with Gasteiger partial charge in [-0.15, -0.1) is 0 Å². The Hall–Kier alpha value is -7.82. The molecule has 0 amide bonds. The molecule has 8 aromatic carbocycles. The van der Waals surface area contributed by atoms with E-state index in [-0.39, 0.29) is 28.8 Å². The lowest BCUT2D eigenvalue weighted by Gasteiger charge is -2.27. The van der Waals surface area contributed by atoms with Crippen LogP contribution in [0.4, 0.5) is 0 Å². The van der Waals surface area contributed by atoms with Crippen LogP contribution in [0.5, 0.6) is 5.75 Å². The van der Waals surface area contributed by atoms with E-state index in [1.54, 1.807) is 6.20 Å². The van der Waals surface area contributed by atoms with Crippen LogP contribution in [0.1, 0.15) is 59.5 Å². The van der Waals surface area contributed by atoms with Crippen molar-refractivity contribution in [3.05, 3.63) is 217 Å². The minimum absolute atomic E-state index is 0.0846. The van der Waals surface area contributed by atoms with Gasteiger partial charge in [0.05, 0.1) is 34.8 Å². The number of nitrogens with zero attached hydrogens (tertiary/aromatic N) is 3. The topological polar surface area (TPSA) is 50.9 Å². The molecule has 2 aromatic heterocycles. The summed E-state index contributed by atoms with van der Waals surface area (Å²) < 4.78 is 46.1. The Kier molecular flexibility index (Phi) is 9.38. The first kappa shape index (κ1) is 36.5. The van der Waals surface area contributed by atoms with E-state index in [0.717, 1.165) is 61.3 Å². The first-order valence-electron chi connectivity index (χ1n) is 24.9. The lowest BCUT2D eigenvalue weighted by Crippen LogP contribution is -2.17. The Bertz CT molecular complexity index is 3640. The van der Waals surface area contributed by atoms with Crippen molar-refractivity contribution in [1.29, 1.82) is 0 Å². The summed E-state index contributed by atoms with van der Waals surface area (Å²) in [5.74, 6) is 0.700. The molecular formula is C62H53N3O. The number of aromatic nitrogens is 3. The Morgan fingerprint density at radius 3 is 1.74 bits per heavy atom. The zero-order valence-corrected chi connectivity index (χ0v) is 38.0. The van der Waals surface area contributed by atoms with Gasteiger partial charge in [-0.2, -0.15) is 0 Å². The molecule has 0 radical (unpaired) electrons. The predicted molar refractivity (Wildman–Crippen MR) is 276 cm³/mol. The van der Waals surface area contributed by atoms with E-state index in [1.165, 1.54) is 0 Å². The van der Waals surface area contributed by atoms with Gasteiger partial charge in [0, 0.05) is 28.5 Å². The van der Waals surface area contributed by atoms with E-state index in [1.807, 2.05) is 109 Å².